The van der Waals surface area contributed by atoms with Gasteiger partial charge in [-0.25, -0.2) is 4.79 Å². The molecule has 0 aliphatic heterocycles. The summed E-state index contributed by atoms with van der Waals surface area (Å²) in [5.41, 5.74) is -0.363. The molecule has 0 saturated heterocycles. The number of halogens is 1. The molecule has 0 bridgehead atoms. The van der Waals surface area contributed by atoms with Gasteiger partial charge in [0.2, 0.25) is 5.78 Å². The summed E-state index contributed by atoms with van der Waals surface area (Å²) in [5.74, 6) is -10.6. The lowest BCUT2D eigenvalue weighted by atomic mass is 9.98. The van der Waals surface area contributed by atoms with Crippen molar-refractivity contribution in [2.24, 2.45) is 5.92 Å². The fourth-order valence-corrected chi connectivity index (χ4v) is 2.83. The van der Waals surface area contributed by atoms with Crippen LogP contribution in [0.1, 0.15) is 5.56 Å². The molecule has 0 aromatic heterocycles. The molecule has 0 unspecified atom stereocenters. The van der Waals surface area contributed by atoms with E-state index in [2.05, 4.69) is 9.47 Å². The number of anilines is 1. The number of Topliss-reactive ketones (excluding diaryl/α,β-unsaturated/α-hetero) is 2. The molecular weight excluding hydrogens is 422 g/mol. The molecule has 152 valence electrons. The number of amides is 1. The lowest BCUT2D eigenvalue weighted by Crippen LogP contribution is -2.43. The van der Waals surface area contributed by atoms with Gasteiger partial charge < -0.3 is 14.8 Å². The summed E-state index contributed by atoms with van der Waals surface area (Å²) in [7, 11) is -3.22. The number of carbonyl (C=O) groups excluding carboxylic acids is 5. The lowest BCUT2D eigenvalue weighted by molar-refractivity contribution is -0.163. The van der Waals surface area contributed by atoms with Crippen LogP contribution in [0.15, 0.2) is 17.0 Å². The first-order valence-corrected chi connectivity index (χ1v) is 8.99. The molecule has 0 aliphatic rings. The molecule has 13 heteroatoms. The minimum Gasteiger partial charge on any atom is -0.468 e. The predicted molar refractivity (Wildman–Crippen MR) is 92.2 cm³/mol. The highest BCUT2D eigenvalue weighted by Crippen LogP contribution is 2.28. The van der Waals surface area contributed by atoms with Crippen LogP contribution in [-0.2, 0) is 43.6 Å². The summed E-state index contributed by atoms with van der Waals surface area (Å²) in [6.45, 7) is 1.41. The molecule has 1 aromatic carbocycles. The normalized spacial score (nSPS) is 11.9. The van der Waals surface area contributed by atoms with Crippen molar-refractivity contribution in [3.63, 3.8) is 0 Å². The molecule has 0 heterocycles. The second kappa shape index (κ2) is 8.91. The zero-order valence-corrected chi connectivity index (χ0v) is 16.2. The Kier molecular flexibility index (Phi) is 7.38. The monoisotopic (exact) mass is 435 g/mol. The van der Waals surface area contributed by atoms with E-state index in [0.29, 0.717) is 0 Å². The van der Waals surface area contributed by atoms with E-state index in [1.165, 1.54) is 6.92 Å². The molecule has 1 atom stereocenters. The van der Waals surface area contributed by atoms with E-state index in [-0.39, 0.29) is 10.6 Å². The first-order chi connectivity index (χ1) is 12.8. The Morgan fingerprint density at radius 3 is 2.11 bits per heavy atom. The number of ketones is 2. The maximum Gasteiger partial charge on any atom is 0.375 e. The molecule has 11 nitrogen and oxygen atoms in total. The number of aryl methyl sites for hydroxylation is 1. The van der Waals surface area contributed by atoms with E-state index in [9.17, 15) is 36.9 Å². The first-order valence-electron chi connectivity index (χ1n) is 7.18. The van der Waals surface area contributed by atoms with Crippen LogP contribution in [0.2, 0.25) is 5.02 Å². The van der Waals surface area contributed by atoms with Gasteiger partial charge >= 0.3 is 11.9 Å². The van der Waals surface area contributed by atoms with Crippen molar-refractivity contribution in [3.8, 4) is 0 Å². The highest BCUT2D eigenvalue weighted by atomic mass is 35.5. The van der Waals surface area contributed by atoms with Crippen LogP contribution < -0.4 is 5.32 Å². The standard InChI is InChI=1S/C15H14ClNO10S/c1-6-4-9(28(23,24)25)8(5-7(6)16)17-13(20)11(18)10(14(21)26-2)12(19)15(22)27-3/h4-5,10H,1-3H3,(H,17,20)(H,23,24,25)/t10-/m1/s1. The molecule has 0 radical (unpaired) electrons. The molecule has 1 amide bonds. The van der Waals surface area contributed by atoms with Crippen molar-refractivity contribution in [2.75, 3.05) is 19.5 Å². The Morgan fingerprint density at radius 2 is 1.64 bits per heavy atom. The van der Waals surface area contributed by atoms with E-state index in [4.69, 9.17) is 11.6 Å². The molecule has 0 aliphatic carbocycles. The highest BCUT2D eigenvalue weighted by molar-refractivity contribution is 7.86. The van der Waals surface area contributed by atoms with Crippen LogP contribution in [0.25, 0.3) is 0 Å². The summed E-state index contributed by atoms with van der Waals surface area (Å²) in [6, 6.07) is 1.86. The van der Waals surface area contributed by atoms with Gasteiger partial charge in [0.15, 0.2) is 5.92 Å². The Labute approximate surface area is 163 Å². The number of ether oxygens (including phenoxy) is 2. The van der Waals surface area contributed by atoms with Gasteiger partial charge in [0.05, 0.1) is 19.9 Å². The minimum absolute atomic E-state index is 0.0229. The molecule has 0 spiro atoms. The summed E-state index contributed by atoms with van der Waals surface area (Å²) in [4.78, 5) is 58.5. The third-order valence-corrected chi connectivity index (χ3v) is 4.66. The van der Waals surface area contributed by atoms with Gasteiger partial charge in [-0.1, -0.05) is 11.6 Å². The molecular formula is C15H14ClNO10S. The number of hydrogen-bond donors (Lipinski definition) is 2. The molecule has 2 N–H and O–H groups in total. The van der Waals surface area contributed by atoms with E-state index in [1.54, 1.807) is 0 Å². The predicted octanol–water partition coefficient (Wildman–Crippen LogP) is -0.0660. The quantitative estimate of drug-likeness (QED) is 0.256. The zero-order chi connectivity index (χ0) is 21.8. The molecule has 28 heavy (non-hydrogen) atoms. The fraction of sp³-hybridized carbons (Fsp3) is 0.267. The number of rotatable bonds is 7. The van der Waals surface area contributed by atoms with Gasteiger partial charge in [0.25, 0.3) is 21.8 Å². The Hall–Kier alpha value is -2.83. The number of hydrogen-bond acceptors (Lipinski definition) is 9. The Morgan fingerprint density at radius 1 is 1.07 bits per heavy atom. The van der Waals surface area contributed by atoms with Crippen molar-refractivity contribution < 1.29 is 46.4 Å². The van der Waals surface area contributed by atoms with Crippen molar-refractivity contribution in [1.82, 2.24) is 0 Å². The molecule has 1 aromatic rings. The van der Waals surface area contributed by atoms with Crippen LogP contribution in [-0.4, -0.2) is 56.6 Å². The number of esters is 2. The van der Waals surface area contributed by atoms with Gasteiger partial charge in [-0.2, -0.15) is 8.42 Å². The van der Waals surface area contributed by atoms with Crippen molar-refractivity contribution in [2.45, 2.75) is 11.8 Å². The number of carbonyl (C=O) groups is 5. The van der Waals surface area contributed by atoms with Gasteiger partial charge in [-0.3, -0.25) is 23.7 Å². The van der Waals surface area contributed by atoms with Crippen molar-refractivity contribution in [1.29, 1.82) is 0 Å². The molecule has 0 fully saturated rings. The van der Waals surface area contributed by atoms with E-state index >= 15 is 0 Å². The van der Waals surface area contributed by atoms with E-state index < -0.39 is 56.0 Å². The van der Waals surface area contributed by atoms with E-state index in [1.807, 2.05) is 5.32 Å². The van der Waals surface area contributed by atoms with Gasteiger partial charge in [0, 0.05) is 5.02 Å². The fourth-order valence-electron chi connectivity index (χ4n) is 1.95. The topological polar surface area (TPSA) is 170 Å². The summed E-state index contributed by atoms with van der Waals surface area (Å²) >= 11 is 5.84. The minimum atomic E-state index is -4.84. The average molecular weight is 436 g/mol. The van der Waals surface area contributed by atoms with Crippen LogP contribution in [0.5, 0.6) is 0 Å². The Balaban J connectivity index is 3.33. The number of nitrogens with one attached hydrogen (secondary N) is 1. The van der Waals surface area contributed by atoms with Gasteiger partial charge in [-0.15, -0.1) is 0 Å². The molecule has 1 rings (SSSR count). The zero-order valence-electron chi connectivity index (χ0n) is 14.6. The average Bonchev–Trinajstić information content (AvgIpc) is 2.62. The van der Waals surface area contributed by atoms with E-state index in [0.717, 1.165) is 26.4 Å². The van der Waals surface area contributed by atoms with Gasteiger partial charge in [0.1, 0.15) is 4.90 Å². The maximum absolute atomic E-state index is 12.2. The van der Waals surface area contributed by atoms with Crippen molar-refractivity contribution in [3.05, 3.63) is 22.7 Å². The van der Waals surface area contributed by atoms with Crippen LogP contribution in [0.4, 0.5) is 5.69 Å². The SMILES string of the molecule is COC(=O)C(=O)[C@H](C(=O)OC)C(=O)C(=O)Nc1cc(Cl)c(C)cc1S(=O)(=O)O. The van der Waals surface area contributed by atoms with Crippen LogP contribution in [0.3, 0.4) is 0 Å². The number of benzene rings is 1. The number of methoxy groups -OCH3 is 2. The second-order valence-corrected chi connectivity index (χ2v) is 7.00. The Bertz CT molecular complexity index is 969. The highest BCUT2D eigenvalue weighted by Gasteiger charge is 2.43. The molecule has 0 saturated carbocycles. The van der Waals surface area contributed by atoms with Crippen LogP contribution in [0, 0.1) is 12.8 Å². The summed E-state index contributed by atoms with van der Waals surface area (Å²) < 4.78 is 40.6. The summed E-state index contributed by atoms with van der Waals surface area (Å²) in [6.07, 6.45) is 0. The van der Waals surface area contributed by atoms with Gasteiger partial charge in [-0.05, 0) is 24.6 Å². The smallest absolute Gasteiger partial charge is 0.375 e. The largest absolute Gasteiger partial charge is 0.468 e. The van der Waals surface area contributed by atoms with Crippen LogP contribution >= 0.6 is 11.6 Å². The third-order valence-electron chi connectivity index (χ3n) is 3.36. The second-order valence-electron chi connectivity index (χ2n) is 5.20. The lowest BCUT2D eigenvalue weighted by Gasteiger charge is -2.13. The third kappa shape index (κ3) is 5.12. The first kappa shape index (κ1) is 23.2. The van der Waals surface area contributed by atoms with Crippen molar-refractivity contribution >= 4 is 56.8 Å². The maximum atomic E-state index is 12.2. The summed E-state index contributed by atoms with van der Waals surface area (Å²) in [5, 5.41) is 1.81.